The van der Waals surface area contributed by atoms with Crippen LogP contribution in [0.4, 0.5) is 0 Å². The van der Waals surface area contributed by atoms with Crippen molar-refractivity contribution in [1.29, 1.82) is 0 Å². The number of nitrogens with zero attached hydrogens (tertiary/aromatic N) is 1. The molecule has 1 aromatic carbocycles. The molecule has 0 bridgehead atoms. The molecule has 2 rings (SSSR count). The molecule has 7 nitrogen and oxygen atoms in total. The van der Waals surface area contributed by atoms with Gasteiger partial charge in [-0.05, 0) is 50.2 Å². The normalized spacial score (nSPS) is 14.6. The fraction of sp³-hybridized carbons (Fsp3) is 0.650. The molecule has 1 saturated carbocycles. The predicted octanol–water partition coefficient (Wildman–Crippen LogP) is 2.61. The zero-order chi connectivity index (χ0) is 20.4. The first-order valence-corrected chi connectivity index (χ1v) is 11.6. The van der Waals surface area contributed by atoms with Crippen LogP contribution in [0.25, 0.3) is 0 Å². The Morgan fingerprint density at radius 3 is 2.41 bits per heavy atom. The summed E-state index contributed by atoms with van der Waals surface area (Å²) in [4.78, 5) is 4.22. The van der Waals surface area contributed by atoms with Crippen LogP contribution in [-0.4, -0.2) is 47.2 Å². The van der Waals surface area contributed by atoms with Crippen LogP contribution >= 0.6 is 24.0 Å². The summed E-state index contributed by atoms with van der Waals surface area (Å²) in [7, 11) is -1.56. The minimum absolute atomic E-state index is 0. The predicted molar refractivity (Wildman–Crippen MR) is 129 cm³/mol. The third-order valence-corrected chi connectivity index (χ3v) is 5.83. The summed E-state index contributed by atoms with van der Waals surface area (Å²) in [5, 5.41) is 6.54. The first-order valence-electron chi connectivity index (χ1n) is 9.98. The molecule has 0 heterocycles. The summed E-state index contributed by atoms with van der Waals surface area (Å²) in [6, 6.07) is 7.48. The Bertz CT molecular complexity index is 720. The Labute approximate surface area is 192 Å². The second kappa shape index (κ2) is 13.4. The van der Waals surface area contributed by atoms with Crippen LogP contribution in [0.5, 0.6) is 0 Å². The highest BCUT2D eigenvalue weighted by molar-refractivity contribution is 14.0. The number of benzene rings is 1. The average Bonchev–Trinajstić information content (AvgIpc) is 3.44. The van der Waals surface area contributed by atoms with Gasteiger partial charge in [0.05, 0.1) is 5.75 Å². The van der Waals surface area contributed by atoms with Crippen LogP contribution in [-0.2, 0) is 27.1 Å². The van der Waals surface area contributed by atoms with E-state index >= 15 is 0 Å². The fourth-order valence-electron chi connectivity index (χ4n) is 2.70. The van der Waals surface area contributed by atoms with Crippen LogP contribution in [0.15, 0.2) is 29.3 Å². The van der Waals surface area contributed by atoms with Crippen LogP contribution < -0.4 is 15.4 Å². The van der Waals surface area contributed by atoms with Crippen molar-refractivity contribution >= 4 is 40.0 Å². The summed E-state index contributed by atoms with van der Waals surface area (Å²) in [5.74, 6) is 1.54. The Hall–Kier alpha value is -0.910. The largest absolute Gasteiger partial charge is 0.381 e. The molecule has 0 radical (unpaired) electrons. The zero-order valence-electron chi connectivity index (χ0n) is 17.6. The summed E-state index contributed by atoms with van der Waals surface area (Å²) in [5.41, 5.74) is 1.83. The maximum atomic E-state index is 12.0. The van der Waals surface area contributed by atoms with E-state index < -0.39 is 10.0 Å². The van der Waals surface area contributed by atoms with Crippen LogP contribution in [0.2, 0.25) is 0 Å². The lowest BCUT2D eigenvalue weighted by atomic mass is 10.1. The van der Waals surface area contributed by atoms with Gasteiger partial charge in [0.15, 0.2) is 5.96 Å². The molecule has 1 fully saturated rings. The van der Waals surface area contributed by atoms with Crippen molar-refractivity contribution in [2.24, 2.45) is 10.9 Å². The number of hydrogen-bond donors (Lipinski definition) is 3. The lowest BCUT2D eigenvalue weighted by Crippen LogP contribution is -2.37. The summed E-state index contributed by atoms with van der Waals surface area (Å²) >= 11 is 0. The molecule has 0 aromatic heterocycles. The molecule has 0 atom stereocenters. The molecule has 0 spiro atoms. The highest BCUT2D eigenvalue weighted by atomic mass is 127. The molecule has 0 aliphatic heterocycles. The van der Waals surface area contributed by atoms with Gasteiger partial charge in [-0.25, -0.2) is 13.1 Å². The van der Waals surface area contributed by atoms with Gasteiger partial charge >= 0.3 is 0 Å². The molecular weight excluding hydrogens is 503 g/mol. The van der Waals surface area contributed by atoms with Crippen molar-refractivity contribution < 1.29 is 13.2 Å². The van der Waals surface area contributed by atoms with Gasteiger partial charge in [0, 0.05) is 39.4 Å². The summed E-state index contributed by atoms with van der Waals surface area (Å²) in [6.45, 7) is 6.73. The number of ether oxygens (including phenoxy) is 1. The molecule has 1 aliphatic rings. The monoisotopic (exact) mass is 538 g/mol. The van der Waals surface area contributed by atoms with Gasteiger partial charge in [-0.15, -0.1) is 24.0 Å². The molecule has 3 N–H and O–H groups in total. The molecule has 29 heavy (non-hydrogen) atoms. The van der Waals surface area contributed by atoms with Crippen molar-refractivity contribution in [1.82, 2.24) is 15.4 Å². The topological polar surface area (TPSA) is 91.8 Å². The van der Waals surface area contributed by atoms with Gasteiger partial charge < -0.3 is 15.4 Å². The molecule has 0 unspecified atom stereocenters. The van der Waals surface area contributed by atoms with Crippen molar-refractivity contribution in [3.8, 4) is 0 Å². The van der Waals surface area contributed by atoms with Crippen molar-refractivity contribution in [2.45, 2.75) is 51.4 Å². The molecule has 1 aliphatic carbocycles. The second-order valence-corrected chi connectivity index (χ2v) is 9.33. The van der Waals surface area contributed by atoms with Gasteiger partial charge in [-0.1, -0.05) is 24.3 Å². The van der Waals surface area contributed by atoms with E-state index in [4.69, 9.17) is 4.74 Å². The van der Waals surface area contributed by atoms with E-state index in [0.717, 1.165) is 49.2 Å². The minimum Gasteiger partial charge on any atom is -0.381 e. The number of guanidine groups is 1. The SMILES string of the molecule is CN=C(NCCCOCC1CC1)NCc1ccc(CS(=O)(=O)NC(C)C)cc1.I. The number of rotatable bonds is 12. The Morgan fingerprint density at radius 2 is 1.83 bits per heavy atom. The van der Waals surface area contributed by atoms with Gasteiger partial charge in [-0.3, -0.25) is 4.99 Å². The van der Waals surface area contributed by atoms with E-state index in [9.17, 15) is 8.42 Å². The highest BCUT2D eigenvalue weighted by Crippen LogP contribution is 2.28. The quantitative estimate of drug-likeness (QED) is 0.165. The van der Waals surface area contributed by atoms with Crippen molar-refractivity contribution in [2.75, 3.05) is 26.8 Å². The molecular formula is C20H35IN4O3S. The van der Waals surface area contributed by atoms with E-state index in [2.05, 4.69) is 20.3 Å². The van der Waals surface area contributed by atoms with E-state index in [1.54, 1.807) is 7.05 Å². The highest BCUT2D eigenvalue weighted by Gasteiger charge is 2.20. The van der Waals surface area contributed by atoms with E-state index in [1.165, 1.54) is 12.8 Å². The zero-order valence-corrected chi connectivity index (χ0v) is 20.8. The van der Waals surface area contributed by atoms with E-state index in [-0.39, 0.29) is 35.8 Å². The Morgan fingerprint density at radius 1 is 1.17 bits per heavy atom. The van der Waals surface area contributed by atoms with Gasteiger partial charge in [0.2, 0.25) is 10.0 Å². The number of hydrogen-bond acceptors (Lipinski definition) is 4. The number of nitrogens with one attached hydrogen (secondary N) is 3. The molecule has 0 saturated heterocycles. The second-order valence-electron chi connectivity index (χ2n) is 7.57. The molecule has 166 valence electrons. The summed E-state index contributed by atoms with van der Waals surface area (Å²) in [6.07, 6.45) is 3.59. The smallest absolute Gasteiger partial charge is 0.216 e. The van der Waals surface area contributed by atoms with Gasteiger partial charge in [-0.2, -0.15) is 0 Å². The Kier molecular flexibility index (Phi) is 12.1. The number of aliphatic imine (C=N–C) groups is 1. The van der Waals surface area contributed by atoms with Crippen LogP contribution in [0, 0.1) is 5.92 Å². The lowest BCUT2D eigenvalue weighted by Gasteiger charge is -2.13. The lowest BCUT2D eigenvalue weighted by molar-refractivity contribution is 0.123. The maximum Gasteiger partial charge on any atom is 0.216 e. The fourth-order valence-corrected chi connectivity index (χ4v) is 4.13. The third kappa shape index (κ3) is 11.8. The standard InChI is InChI=1S/C20H34N4O3S.HI/c1-16(2)24-28(25,26)15-19-9-5-17(6-10-19)13-23-20(21-3)22-11-4-12-27-14-18-7-8-18;/h5-6,9-10,16,18,24H,4,7-8,11-15H2,1-3H3,(H2,21,22,23);1H. The third-order valence-electron chi connectivity index (χ3n) is 4.29. The molecule has 9 heteroatoms. The molecule has 1 aromatic rings. The van der Waals surface area contributed by atoms with Crippen LogP contribution in [0.3, 0.4) is 0 Å². The average molecular weight is 538 g/mol. The van der Waals surface area contributed by atoms with Gasteiger partial charge in [0.1, 0.15) is 0 Å². The number of sulfonamides is 1. The van der Waals surface area contributed by atoms with Crippen LogP contribution in [0.1, 0.15) is 44.2 Å². The first-order chi connectivity index (χ1) is 13.4. The maximum absolute atomic E-state index is 12.0. The first kappa shape index (κ1) is 26.1. The Balaban J connectivity index is 0.00000420. The molecule has 0 amide bonds. The summed E-state index contributed by atoms with van der Waals surface area (Å²) < 4.78 is 32.2. The van der Waals surface area contributed by atoms with E-state index in [1.807, 2.05) is 38.1 Å². The van der Waals surface area contributed by atoms with E-state index in [0.29, 0.717) is 6.54 Å². The van der Waals surface area contributed by atoms with Gasteiger partial charge in [0.25, 0.3) is 0 Å². The van der Waals surface area contributed by atoms with Crippen molar-refractivity contribution in [3.05, 3.63) is 35.4 Å². The minimum atomic E-state index is -3.30. The number of halogens is 1. The van der Waals surface area contributed by atoms with Crippen molar-refractivity contribution in [3.63, 3.8) is 0 Å².